The Morgan fingerprint density at radius 2 is 1.81 bits per heavy atom. The average molecular weight is 368 g/mol. The van der Waals surface area contributed by atoms with Crippen LogP contribution >= 0.6 is 0 Å². The molecular weight excluding hydrogens is 348 g/mol. The molecule has 0 spiro atoms. The molecule has 0 aliphatic carbocycles. The first-order chi connectivity index (χ1) is 13.0. The summed E-state index contributed by atoms with van der Waals surface area (Å²) in [5.41, 5.74) is 1.48. The molecule has 1 aliphatic heterocycles. The highest BCUT2D eigenvalue weighted by molar-refractivity contribution is 6.05. The van der Waals surface area contributed by atoms with Crippen molar-refractivity contribution in [1.29, 1.82) is 0 Å². The molecule has 0 fully saturated rings. The van der Waals surface area contributed by atoms with Crippen LogP contribution < -0.4 is 16.3 Å². The lowest BCUT2D eigenvalue weighted by Gasteiger charge is -2.30. The molecular formula is C18H20N6O3. The number of aromatic nitrogens is 4. The fourth-order valence-corrected chi connectivity index (χ4v) is 3.49. The Hall–Kier alpha value is -3.20. The van der Waals surface area contributed by atoms with Crippen molar-refractivity contribution >= 4 is 22.8 Å². The number of hydrazone groups is 1. The van der Waals surface area contributed by atoms with Gasteiger partial charge in [0.1, 0.15) is 0 Å². The van der Waals surface area contributed by atoms with E-state index in [1.165, 1.54) is 11.6 Å². The molecule has 0 bridgehead atoms. The molecule has 0 radical (unpaired) electrons. The van der Waals surface area contributed by atoms with E-state index in [-0.39, 0.29) is 19.2 Å². The predicted molar refractivity (Wildman–Crippen MR) is 102 cm³/mol. The Bertz CT molecular complexity index is 1170. The smallest absolute Gasteiger partial charge is 0.332 e. The summed E-state index contributed by atoms with van der Waals surface area (Å²) in [6, 6.07) is 9.39. The molecule has 0 saturated carbocycles. The number of rotatable bonds is 3. The molecule has 1 aliphatic rings. The van der Waals surface area contributed by atoms with E-state index in [0.29, 0.717) is 17.1 Å². The molecule has 9 heteroatoms. The molecule has 4 rings (SSSR count). The van der Waals surface area contributed by atoms with Gasteiger partial charge in [-0.05, 0) is 12.5 Å². The monoisotopic (exact) mass is 368 g/mol. The molecule has 9 nitrogen and oxygen atoms in total. The van der Waals surface area contributed by atoms with Gasteiger partial charge in [-0.15, -0.1) is 0 Å². The van der Waals surface area contributed by atoms with Crippen LogP contribution in [-0.4, -0.2) is 42.7 Å². The third kappa shape index (κ3) is 2.42. The third-order valence-electron chi connectivity index (χ3n) is 4.90. The van der Waals surface area contributed by atoms with Gasteiger partial charge in [0.2, 0.25) is 5.95 Å². The van der Waals surface area contributed by atoms with Gasteiger partial charge in [0.15, 0.2) is 11.2 Å². The topological polar surface area (TPSA) is 97.7 Å². The predicted octanol–water partition coefficient (Wildman–Crippen LogP) is 0.211. The highest BCUT2D eigenvalue weighted by atomic mass is 16.3. The van der Waals surface area contributed by atoms with E-state index in [0.717, 1.165) is 15.8 Å². The number of β-amino-alcohol motifs (C(OH)–C–C–N with tert-alkyl or cyclic N) is 1. The second kappa shape index (κ2) is 6.20. The third-order valence-corrected chi connectivity index (χ3v) is 4.90. The van der Waals surface area contributed by atoms with E-state index < -0.39 is 11.2 Å². The Balaban J connectivity index is 2.05. The van der Waals surface area contributed by atoms with Gasteiger partial charge in [0.05, 0.1) is 24.9 Å². The first-order valence-electron chi connectivity index (χ1n) is 8.66. The van der Waals surface area contributed by atoms with Crippen LogP contribution in [0.1, 0.15) is 18.5 Å². The second-order valence-electron chi connectivity index (χ2n) is 6.53. The minimum absolute atomic E-state index is 0.125. The van der Waals surface area contributed by atoms with Crippen molar-refractivity contribution in [3.05, 3.63) is 56.7 Å². The van der Waals surface area contributed by atoms with Crippen LogP contribution in [0.25, 0.3) is 11.2 Å². The minimum Gasteiger partial charge on any atom is -0.394 e. The zero-order valence-electron chi connectivity index (χ0n) is 15.3. The molecule has 3 heterocycles. The molecule has 3 aromatic rings. The lowest BCUT2D eigenvalue weighted by molar-refractivity contribution is 0.300. The number of imidazole rings is 1. The van der Waals surface area contributed by atoms with E-state index in [1.807, 2.05) is 37.3 Å². The summed E-state index contributed by atoms with van der Waals surface area (Å²) in [6.45, 7) is 2.04. The van der Waals surface area contributed by atoms with E-state index in [2.05, 4.69) is 10.1 Å². The van der Waals surface area contributed by atoms with Crippen LogP contribution in [0.15, 0.2) is 45.0 Å². The van der Waals surface area contributed by atoms with Gasteiger partial charge in [-0.2, -0.15) is 10.1 Å². The van der Waals surface area contributed by atoms with Gasteiger partial charge in [-0.25, -0.2) is 9.80 Å². The molecule has 2 aromatic heterocycles. The van der Waals surface area contributed by atoms with Gasteiger partial charge < -0.3 is 5.11 Å². The highest BCUT2D eigenvalue weighted by Crippen LogP contribution is 2.31. The van der Waals surface area contributed by atoms with E-state index in [9.17, 15) is 14.7 Å². The number of fused-ring (bicyclic) bond motifs is 3. The zero-order valence-corrected chi connectivity index (χ0v) is 15.3. The molecule has 0 saturated heterocycles. The van der Waals surface area contributed by atoms with E-state index >= 15 is 0 Å². The quantitative estimate of drug-likeness (QED) is 0.713. The van der Waals surface area contributed by atoms with E-state index in [4.69, 9.17) is 0 Å². The number of aliphatic hydroxyl groups is 1. The van der Waals surface area contributed by atoms with Gasteiger partial charge in [0, 0.05) is 14.1 Å². The number of hydrogen-bond donors (Lipinski definition) is 1. The number of nitrogens with zero attached hydrogens (tertiary/aromatic N) is 6. The van der Waals surface area contributed by atoms with Gasteiger partial charge in [-0.1, -0.05) is 30.3 Å². The maximum absolute atomic E-state index is 12.9. The van der Waals surface area contributed by atoms with Crippen LogP contribution in [0.4, 0.5) is 5.95 Å². The Kier molecular flexibility index (Phi) is 3.96. The van der Waals surface area contributed by atoms with Crippen LogP contribution in [0.3, 0.4) is 0 Å². The van der Waals surface area contributed by atoms with Crippen molar-refractivity contribution in [2.45, 2.75) is 13.0 Å². The summed E-state index contributed by atoms with van der Waals surface area (Å²) in [4.78, 5) is 29.7. The summed E-state index contributed by atoms with van der Waals surface area (Å²) in [7, 11) is 3.04. The Labute approximate surface area is 154 Å². The molecule has 1 atom stereocenters. The molecule has 27 heavy (non-hydrogen) atoms. The van der Waals surface area contributed by atoms with Crippen molar-refractivity contribution in [3.63, 3.8) is 0 Å². The Morgan fingerprint density at radius 3 is 2.48 bits per heavy atom. The molecule has 1 aromatic carbocycles. The first-order valence-corrected chi connectivity index (χ1v) is 8.66. The number of anilines is 1. The second-order valence-corrected chi connectivity index (χ2v) is 6.53. The van der Waals surface area contributed by atoms with Crippen molar-refractivity contribution in [2.24, 2.45) is 19.2 Å². The summed E-state index contributed by atoms with van der Waals surface area (Å²) in [6.07, 6.45) is 0. The normalized spacial score (nSPS) is 16.5. The average Bonchev–Trinajstić information content (AvgIpc) is 3.09. The molecule has 0 amide bonds. The molecule has 1 N–H and O–H groups in total. The van der Waals surface area contributed by atoms with Crippen molar-refractivity contribution < 1.29 is 5.11 Å². The minimum atomic E-state index is -0.437. The molecule has 0 unspecified atom stereocenters. The van der Waals surface area contributed by atoms with Crippen molar-refractivity contribution in [2.75, 3.05) is 18.2 Å². The van der Waals surface area contributed by atoms with Crippen molar-refractivity contribution in [3.8, 4) is 0 Å². The molecule has 140 valence electrons. The standard InChI is InChI=1S/C18H20N6O3/c1-11-13(12-7-5-4-6-8-12)20-23(9-10-25)17-19-15-14(24(11)17)16(26)22(3)18(27)21(15)2/h4-8,11,25H,9-10H2,1-3H3/t11-/m0/s1. The maximum atomic E-state index is 12.9. The SMILES string of the molecule is C[C@H]1C(c2ccccc2)=NN(CCO)c2nc3c(c(=O)n(C)c(=O)n3C)n21. The number of aryl methyl sites for hydroxylation is 1. The van der Waals surface area contributed by atoms with Crippen molar-refractivity contribution in [1.82, 2.24) is 18.7 Å². The summed E-state index contributed by atoms with van der Waals surface area (Å²) < 4.78 is 4.23. The van der Waals surface area contributed by atoms with E-state index in [1.54, 1.807) is 16.6 Å². The number of benzene rings is 1. The number of hydrogen-bond acceptors (Lipinski definition) is 6. The first kappa shape index (κ1) is 17.2. The van der Waals surface area contributed by atoms with Crippen LogP contribution in [-0.2, 0) is 14.1 Å². The summed E-state index contributed by atoms with van der Waals surface area (Å²) >= 11 is 0. The fraction of sp³-hybridized carbons (Fsp3) is 0.333. The largest absolute Gasteiger partial charge is 0.394 e. The lowest BCUT2D eigenvalue weighted by Crippen LogP contribution is -2.39. The Morgan fingerprint density at radius 1 is 1.11 bits per heavy atom. The van der Waals surface area contributed by atoms with Gasteiger partial charge in [-0.3, -0.25) is 18.5 Å². The van der Waals surface area contributed by atoms with Crippen LogP contribution in [0, 0.1) is 0 Å². The van der Waals surface area contributed by atoms with Gasteiger partial charge >= 0.3 is 5.69 Å². The lowest BCUT2D eigenvalue weighted by atomic mass is 10.0. The van der Waals surface area contributed by atoms with Gasteiger partial charge in [0.25, 0.3) is 5.56 Å². The highest BCUT2D eigenvalue weighted by Gasteiger charge is 2.32. The maximum Gasteiger partial charge on any atom is 0.332 e. The zero-order chi connectivity index (χ0) is 19.3. The summed E-state index contributed by atoms with van der Waals surface area (Å²) in [5, 5.41) is 15.7. The number of aliphatic hydroxyl groups excluding tert-OH is 1. The fourth-order valence-electron chi connectivity index (χ4n) is 3.49. The van der Waals surface area contributed by atoms with Crippen LogP contribution in [0.5, 0.6) is 0 Å². The van der Waals surface area contributed by atoms with Crippen LogP contribution in [0.2, 0.25) is 0 Å². The summed E-state index contributed by atoms with van der Waals surface area (Å²) in [5.74, 6) is 0.435.